The number of nitrogens with zero attached hydrogens (tertiary/aromatic N) is 4. The molecule has 1 fully saturated rings. The molecular weight excluding hydrogens is 408 g/mol. The summed E-state index contributed by atoms with van der Waals surface area (Å²) in [6.45, 7) is 4.98. The number of piperazine rings is 1. The van der Waals surface area contributed by atoms with Crippen LogP contribution in [0.25, 0.3) is 22.5 Å². The molecule has 1 saturated heterocycles. The zero-order valence-corrected chi connectivity index (χ0v) is 18.9. The van der Waals surface area contributed by atoms with Crippen LogP contribution in [0.4, 0.5) is 11.5 Å². The lowest BCUT2D eigenvalue weighted by molar-refractivity contribution is 0.312. The summed E-state index contributed by atoms with van der Waals surface area (Å²) in [6.07, 6.45) is 2.84. The molecule has 33 heavy (non-hydrogen) atoms. The van der Waals surface area contributed by atoms with Gasteiger partial charge in [0, 0.05) is 73.8 Å². The summed E-state index contributed by atoms with van der Waals surface area (Å²) in [4.78, 5) is 9.31. The molecule has 0 radical (unpaired) electrons. The van der Waals surface area contributed by atoms with Crippen molar-refractivity contribution in [3.05, 3.63) is 83.6 Å². The second kappa shape index (κ2) is 8.37. The standard InChI is InChI=1S/C27H28N6/c1-32-12-14-33(15-13-32)25-17-22(10-11-28-25)29-18-19-6-8-20(9-7-19)26-24-16-21-4-2-3-5-23(21)27(24)31-30-26/h2-11,17H,12-16,18H2,1H3,(H,28,29)(H,30,31). The van der Waals surface area contributed by atoms with Gasteiger partial charge in [-0.1, -0.05) is 48.5 Å². The van der Waals surface area contributed by atoms with Crippen molar-refractivity contribution in [1.82, 2.24) is 20.1 Å². The number of likely N-dealkylation sites (N-methyl/N-ethyl adjacent to an activating group) is 1. The Bertz CT molecular complexity index is 1270. The topological polar surface area (TPSA) is 60.1 Å². The van der Waals surface area contributed by atoms with E-state index in [1.165, 1.54) is 27.9 Å². The second-order valence-electron chi connectivity index (χ2n) is 9.00. The Hall–Kier alpha value is -3.64. The normalized spacial score (nSPS) is 15.4. The smallest absolute Gasteiger partial charge is 0.130 e. The molecule has 6 heteroatoms. The van der Waals surface area contributed by atoms with Gasteiger partial charge in [0.05, 0.1) is 11.4 Å². The van der Waals surface area contributed by atoms with E-state index in [-0.39, 0.29) is 0 Å². The number of aromatic amines is 1. The van der Waals surface area contributed by atoms with Gasteiger partial charge in [0.2, 0.25) is 0 Å². The third-order valence-electron chi connectivity index (χ3n) is 6.82. The van der Waals surface area contributed by atoms with Crippen LogP contribution in [-0.4, -0.2) is 53.3 Å². The molecule has 2 aliphatic rings. The molecule has 6 nitrogen and oxygen atoms in total. The highest BCUT2D eigenvalue weighted by molar-refractivity contribution is 5.81. The predicted molar refractivity (Wildman–Crippen MR) is 134 cm³/mol. The second-order valence-corrected chi connectivity index (χ2v) is 9.00. The summed E-state index contributed by atoms with van der Waals surface area (Å²) >= 11 is 0. The number of hydrogen-bond acceptors (Lipinski definition) is 5. The molecule has 2 aromatic carbocycles. The van der Waals surface area contributed by atoms with Gasteiger partial charge in [0.15, 0.2) is 0 Å². The number of nitrogens with one attached hydrogen (secondary N) is 2. The molecule has 3 heterocycles. The monoisotopic (exact) mass is 436 g/mol. The molecule has 0 bridgehead atoms. The number of pyridine rings is 1. The fourth-order valence-electron chi connectivity index (χ4n) is 4.83. The van der Waals surface area contributed by atoms with Crippen LogP contribution in [0.15, 0.2) is 66.9 Å². The highest BCUT2D eigenvalue weighted by Gasteiger charge is 2.24. The van der Waals surface area contributed by atoms with E-state index in [0.717, 1.165) is 61.9 Å². The molecule has 0 amide bonds. The quantitative estimate of drug-likeness (QED) is 0.427. The molecule has 1 aliphatic heterocycles. The van der Waals surface area contributed by atoms with Crippen LogP contribution in [0, 0.1) is 0 Å². The fourth-order valence-corrected chi connectivity index (χ4v) is 4.83. The minimum atomic E-state index is 0.774. The predicted octanol–water partition coefficient (Wildman–Crippen LogP) is 4.41. The maximum absolute atomic E-state index is 4.63. The minimum absolute atomic E-state index is 0.774. The molecule has 4 aromatic rings. The van der Waals surface area contributed by atoms with E-state index in [4.69, 9.17) is 0 Å². The van der Waals surface area contributed by atoms with Crippen LogP contribution in [0.2, 0.25) is 0 Å². The number of fused-ring (bicyclic) bond motifs is 3. The average molecular weight is 437 g/mol. The Morgan fingerprint density at radius 2 is 1.79 bits per heavy atom. The van der Waals surface area contributed by atoms with Crippen LogP contribution in [-0.2, 0) is 13.0 Å². The zero-order chi connectivity index (χ0) is 22.2. The molecule has 166 valence electrons. The van der Waals surface area contributed by atoms with Gasteiger partial charge >= 0.3 is 0 Å². The summed E-state index contributed by atoms with van der Waals surface area (Å²) in [7, 11) is 2.17. The SMILES string of the molecule is CN1CCN(c2cc(NCc3ccc(-c4n[nH]c5c4Cc4ccccc4-5)cc3)ccn2)CC1. The first kappa shape index (κ1) is 20.0. The first-order valence-electron chi connectivity index (χ1n) is 11.6. The Balaban J connectivity index is 1.13. The van der Waals surface area contributed by atoms with Gasteiger partial charge in [-0.3, -0.25) is 5.10 Å². The van der Waals surface area contributed by atoms with E-state index >= 15 is 0 Å². The zero-order valence-electron chi connectivity index (χ0n) is 18.9. The summed E-state index contributed by atoms with van der Waals surface area (Å²) in [6, 6.07) is 21.5. The minimum Gasteiger partial charge on any atom is -0.381 e. The lowest BCUT2D eigenvalue weighted by atomic mass is 10.0. The van der Waals surface area contributed by atoms with Crippen molar-refractivity contribution in [1.29, 1.82) is 0 Å². The van der Waals surface area contributed by atoms with E-state index in [9.17, 15) is 0 Å². The number of H-pyrrole nitrogens is 1. The molecule has 1 aliphatic carbocycles. The summed E-state index contributed by atoms with van der Waals surface area (Å²) < 4.78 is 0. The summed E-state index contributed by atoms with van der Waals surface area (Å²) in [5.41, 5.74) is 9.68. The molecule has 0 unspecified atom stereocenters. The molecular formula is C27H28N6. The highest BCUT2D eigenvalue weighted by Crippen LogP contribution is 2.39. The molecule has 0 atom stereocenters. The Kier molecular flexibility index (Phi) is 5.07. The molecule has 2 N–H and O–H groups in total. The van der Waals surface area contributed by atoms with Crippen LogP contribution in [0.5, 0.6) is 0 Å². The van der Waals surface area contributed by atoms with Crippen LogP contribution in [0.1, 0.15) is 16.7 Å². The van der Waals surface area contributed by atoms with Crippen molar-refractivity contribution >= 4 is 11.5 Å². The van der Waals surface area contributed by atoms with Gasteiger partial charge in [-0.2, -0.15) is 5.10 Å². The Morgan fingerprint density at radius 1 is 0.970 bits per heavy atom. The molecule has 2 aromatic heterocycles. The largest absolute Gasteiger partial charge is 0.381 e. The van der Waals surface area contributed by atoms with Gasteiger partial charge in [-0.25, -0.2) is 4.98 Å². The molecule has 0 saturated carbocycles. The van der Waals surface area contributed by atoms with E-state index in [0.29, 0.717) is 0 Å². The summed E-state index contributed by atoms with van der Waals surface area (Å²) in [5, 5.41) is 11.5. The van der Waals surface area contributed by atoms with Crippen molar-refractivity contribution in [3.63, 3.8) is 0 Å². The van der Waals surface area contributed by atoms with Crippen LogP contribution in [0.3, 0.4) is 0 Å². The number of aromatic nitrogens is 3. The van der Waals surface area contributed by atoms with Gasteiger partial charge in [-0.05, 0) is 24.2 Å². The van der Waals surface area contributed by atoms with Gasteiger partial charge in [0.25, 0.3) is 0 Å². The van der Waals surface area contributed by atoms with Gasteiger partial charge < -0.3 is 15.1 Å². The van der Waals surface area contributed by atoms with Crippen molar-refractivity contribution in [2.75, 3.05) is 43.4 Å². The van der Waals surface area contributed by atoms with Crippen molar-refractivity contribution < 1.29 is 0 Å². The van der Waals surface area contributed by atoms with Crippen molar-refractivity contribution in [2.45, 2.75) is 13.0 Å². The maximum Gasteiger partial charge on any atom is 0.130 e. The van der Waals surface area contributed by atoms with Gasteiger partial charge in [-0.15, -0.1) is 0 Å². The number of hydrogen-bond donors (Lipinski definition) is 2. The number of benzene rings is 2. The third kappa shape index (κ3) is 3.87. The average Bonchev–Trinajstić information content (AvgIpc) is 3.43. The summed E-state index contributed by atoms with van der Waals surface area (Å²) in [5.74, 6) is 1.05. The number of rotatable bonds is 5. The van der Waals surface area contributed by atoms with E-state index in [2.05, 4.69) is 91.9 Å². The maximum atomic E-state index is 4.63. The van der Waals surface area contributed by atoms with Gasteiger partial charge in [0.1, 0.15) is 5.82 Å². The van der Waals surface area contributed by atoms with Crippen LogP contribution < -0.4 is 10.2 Å². The molecule has 0 spiro atoms. The van der Waals surface area contributed by atoms with E-state index < -0.39 is 0 Å². The first-order chi connectivity index (χ1) is 16.2. The fraction of sp³-hybridized carbons (Fsp3) is 0.259. The lowest BCUT2D eigenvalue weighted by Gasteiger charge is -2.33. The van der Waals surface area contributed by atoms with Crippen molar-refractivity contribution in [3.8, 4) is 22.5 Å². The molecule has 6 rings (SSSR count). The first-order valence-corrected chi connectivity index (χ1v) is 11.6. The van der Waals surface area contributed by atoms with Crippen LogP contribution >= 0.6 is 0 Å². The third-order valence-corrected chi connectivity index (χ3v) is 6.82. The van der Waals surface area contributed by atoms with Crippen molar-refractivity contribution in [2.24, 2.45) is 0 Å². The van der Waals surface area contributed by atoms with E-state index in [1.807, 2.05) is 12.3 Å². The Labute approximate surface area is 194 Å². The Morgan fingerprint density at radius 3 is 2.64 bits per heavy atom. The highest BCUT2D eigenvalue weighted by atomic mass is 15.3. The van der Waals surface area contributed by atoms with E-state index in [1.54, 1.807) is 0 Å². The lowest BCUT2D eigenvalue weighted by Crippen LogP contribution is -2.44. The number of anilines is 2.